The fraction of sp³-hybridized carbons (Fsp3) is 0.457. The number of rotatable bonds is 15. The average Bonchev–Trinajstić information content (AvgIpc) is 2.97. The van der Waals surface area contributed by atoms with Gasteiger partial charge < -0.3 is 14.6 Å². The van der Waals surface area contributed by atoms with Crippen LogP contribution in [0.4, 0.5) is 17.6 Å². The lowest BCUT2D eigenvalue weighted by Crippen LogP contribution is -2.50. The van der Waals surface area contributed by atoms with Crippen LogP contribution in [0, 0.1) is 37.4 Å². The van der Waals surface area contributed by atoms with Gasteiger partial charge in [-0.25, -0.2) is 4.39 Å². The molecule has 50 heavy (non-hydrogen) atoms. The molecule has 3 N–H and O–H groups in total. The Labute approximate surface area is 293 Å². The highest BCUT2D eigenvalue weighted by Gasteiger charge is 2.37. The van der Waals surface area contributed by atoms with Crippen molar-refractivity contribution in [1.82, 2.24) is 20.2 Å². The zero-order valence-corrected chi connectivity index (χ0v) is 29.8. The molecule has 3 rings (SSSR count). The zero-order chi connectivity index (χ0) is 37.7. The van der Waals surface area contributed by atoms with Gasteiger partial charge in [-0.3, -0.25) is 19.7 Å². The van der Waals surface area contributed by atoms with Crippen molar-refractivity contribution in [2.45, 2.75) is 78.8 Å². The molecule has 0 bridgehead atoms. The monoisotopic (exact) mass is 724 g/mol. The van der Waals surface area contributed by atoms with E-state index in [1.807, 2.05) is 13.8 Å². The first-order valence-electron chi connectivity index (χ1n) is 16.0. The van der Waals surface area contributed by atoms with Gasteiger partial charge in [0, 0.05) is 23.6 Å². The summed E-state index contributed by atoms with van der Waals surface area (Å²) in [5.74, 6) is -3.42. The van der Waals surface area contributed by atoms with E-state index in [4.69, 9.17) is 11.6 Å². The number of hydrogen-bond donors (Lipinski definition) is 3. The number of halogens is 5. The summed E-state index contributed by atoms with van der Waals surface area (Å²) >= 11 is 6.20. The fourth-order valence-corrected chi connectivity index (χ4v) is 6.19. The van der Waals surface area contributed by atoms with E-state index in [0.29, 0.717) is 27.8 Å². The number of carboxylic acids is 1. The van der Waals surface area contributed by atoms with Crippen LogP contribution in [0.2, 0.25) is 5.02 Å². The third-order valence-electron chi connectivity index (χ3n) is 8.08. The smallest absolute Gasteiger partial charge is 0.431 e. The number of nitrogens with zero attached hydrogens (tertiary/aromatic N) is 3. The number of nitroso groups, excluding NO2 is 1. The van der Waals surface area contributed by atoms with Gasteiger partial charge in [0.2, 0.25) is 0 Å². The largest absolute Gasteiger partial charge is 0.481 e. The molecule has 0 aliphatic heterocycles. The number of carboxylic acid groups (broad SMARTS) is 1. The minimum absolute atomic E-state index is 0.0234. The van der Waals surface area contributed by atoms with Crippen molar-refractivity contribution in [3.8, 4) is 11.1 Å². The maximum Gasteiger partial charge on any atom is 0.431 e. The maximum absolute atomic E-state index is 15.7. The highest BCUT2D eigenvalue weighted by atomic mass is 35.5. The van der Waals surface area contributed by atoms with Crippen molar-refractivity contribution in [2.75, 3.05) is 20.6 Å². The van der Waals surface area contributed by atoms with Crippen molar-refractivity contribution in [1.29, 1.82) is 0 Å². The Hall–Kier alpha value is -4.30. The molecule has 0 fully saturated rings. The van der Waals surface area contributed by atoms with Crippen LogP contribution < -0.4 is 16.3 Å². The predicted molar refractivity (Wildman–Crippen MR) is 182 cm³/mol. The van der Waals surface area contributed by atoms with E-state index in [2.05, 4.69) is 10.7 Å². The van der Waals surface area contributed by atoms with E-state index in [-0.39, 0.29) is 41.3 Å². The quantitative estimate of drug-likeness (QED) is 0.0682. The first-order valence-corrected chi connectivity index (χ1v) is 16.4. The van der Waals surface area contributed by atoms with Crippen LogP contribution in [0.15, 0.2) is 41.2 Å². The van der Waals surface area contributed by atoms with Gasteiger partial charge in [0.15, 0.2) is 0 Å². The van der Waals surface area contributed by atoms with E-state index < -0.39 is 59.3 Å². The summed E-state index contributed by atoms with van der Waals surface area (Å²) in [4.78, 5) is 54.2. The van der Waals surface area contributed by atoms with E-state index in [1.54, 1.807) is 51.0 Å². The number of carbonyl (C=O) groups is 2. The SMILES string of the molecule is Cc1cc(-c2c(C)cc(Cl)cc2C)cc([C@H](CC(=O)O)N[N+](=O)[C@H](CC(C)C)NC(=O)c2ccc(C(F)(F)F)n(CCCN(C)C)c2=O)c1F. The third kappa shape index (κ3) is 10.1. The average molecular weight is 725 g/mol. The third-order valence-corrected chi connectivity index (χ3v) is 8.30. The highest BCUT2D eigenvalue weighted by Crippen LogP contribution is 2.35. The van der Waals surface area contributed by atoms with E-state index in [1.165, 1.54) is 13.0 Å². The predicted octanol–water partition coefficient (Wildman–Crippen LogP) is 6.81. The number of aliphatic carboxylic acids is 1. The second-order valence-electron chi connectivity index (χ2n) is 13.1. The summed E-state index contributed by atoms with van der Waals surface area (Å²) in [6, 6.07) is 6.53. The fourth-order valence-electron chi connectivity index (χ4n) is 5.86. The Morgan fingerprint density at radius 3 is 2.20 bits per heavy atom. The molecular formula is C35H43ClF4N5O5+. The molecule has 0 aliphatic carbocycles. The molecule has 2 atom stereocenters. The summed E-state index contributed by atoms with van der Waals surface area (Å²) in [5.41, 5.74) is 2.45. The Bertz CT molecular complexity index is 1790. The van der Waals surface area contributed by atoms with Gasteiger partial charge >= 0.3 is 18.3 Å². The lowest BCUT2D eigenvalue weighted by molar-refractivity contribution is -0.652. The first kappa shape index (κ1) is 40.1. The second kappa shape index (κ2) is 16.6. The van der Waals surface area contributed by atoms with E-state index in [9.17, 15) is 37.6 Å². The molecule has 3 aromatic rings. The van der Waals surface area contributed by atoms with Crippen molar-refractivity contribution in [2.24, 2.45) is 5.92 Å². The Morgan fingerprint density at radius 1 is 1.04 bits per heavy atom. The van der Waals surface area contributed by atoms with Gasteiger partial charge in [-0.2, -0.15) is 13.2 Å². The van der Waals surface area contributed by atoms with Gasteiger partial charge in [0.25, 0.3) is 11.5 Å². The van der Waals surface area contributed by atoms with Crippen molar-refractivity contribution < 1.29 is 37.1 Å². The molecule has 2 aromatic carbocycles. The molecule has 1 aromatic heterocycles. The second-order valence-corrected chi connectivity index (χ2v) is 13.5. The summed E-state index contributed by atoms with van der Waals surface area (Å²) in [7, 11) is 3.45. The lowest BCUT2D eigenvalue weighted by Gasteiger charge is -2.21. The van der Waals surface area contributed by atoms with Crippen LogP contribution in [0.3, 0.4) is 0 Å². The summed E-state index contributed by atoms with van der Waals surface area (Å²) < 4.78 is 57.6. The first-order chi connectivity index (χ1) is 23.2. The number of aryl methyl sites for hydroxylation is 3. The molecular weight excluding hydrogens is 682 g/mol. The standard InChI is InChI=1S/C35H42ClF4N5O5/c1-19(2)13-29(41-33(48)25-9-10-28(35(38,39)40)44(34(25)49)12-8-11-43(6)7)45(50)42-27(18-30(46)47)26-17-23(14-22(5)32(26)37)31-20(3)15-24(36)16-21(31)4/h9-10,14-17,19,27,29H,8,11-13,18H2,1-7H3,(H2-,41,42,46,47,48,50)/p+1/t27-,29+/m0/s1. The molecule has 0 saturated heterocycles. The minimum atomic E-state index is -4.86. The number of benzene rings is 2. The Morgan fingerprint density at radius 2 is 1.66 bits per heavy atom. The van der Waals surface area contributed by atoms with Crippen molar-refractivity contribution >= 4 is 23.5 Å². The molecule has 0 aliphatic rings. The van der Waals surface area contributed by atoms with Crippen LogP contribution in [0.5, 0.6) is 0 Å². The number of nitrogens with one attached hydrogen (secondary N) is 2. The van der Waals surface area contributed by atoms with Gasteiger partial charge in [0.05, 0.1) is 11.3 Å². The van der Waals surface area contributed by atoms with E-state index in [0.717, 1.165) is 22.8 Å². The molecule has 0 spiro atoms. The van der Waals surface area contributed by atoms with Crippen molar-refractivity contribution in [3.05, 3.63) is 96.0 Å². The zero-order valence-electron chi connectivity index (χ0n) is 29.0. The molecule has 0 unspecified atom stereocenters. The number of aromatic nitrogens is 1. The number of carbonyl (C=O) groups excluding carboxylic acids is 1. The molecule has 1 amide bonds. The molecule has 0 saturated carbocycles. The van der Waals surface area contributed by atoms with Gasteiger partial charge in [-0.05, 0) is 118 Å². The van der Waals surface area contributed by atoms with Gasteiger partial charge in [-0.15, -0.1) is 5.43 Å². The van der Waals surface area contributed by atoms with Gasteiger partial charge in [-0.1, -0.05) is 25.4 Å². The van der Waals surface area contributed by atoms with Crippen LogP contribution >= 0.6 is 11.6 Å². The molecule has 10 nitrogen and oxygen atoms in total. The van der Waals surface area contributed by atoms with Crippen LogP contribution in [0.1, 0.15) is 77.5 Å². The molecule has 272 valence electrons. The Balaban J connectivity index is 2.01. The van der Waals surface area contributed by atoms with Crippen LogP contribution in [0.25, 0.3) is 11.1 Å². The number of alkyl halides is 3. The molecule has 1 heterocycles. The molecule has 0 radical (unpaired) electrons. The number of amides is 1. The summed E-state index contributed by atoms with van der Waals surface area (Å²) in [6.07, 6.45) is -6.86. The number of hydrazine groups is 1. The van der Waals surface area contributed by atoms with E-state index >= 15 is 4.39 Å². The minimum Gasteiger partial charge on any atom is -0.481 e. The lowest BCUT2D eigenvalue weighted by atomic mass is 9.90. The molecule has 15 heteroatoms. The van der Waals surface area contributed by atoms with Crippen molar-refractivity contribution in [3.63, 3.8) is 0 Å². The normalized spacial score (nSPS) is 13.0. The Kier molecular flexibility index (Phi) is 13.3. The number of pyridine rings is 1. The summed E-state index contributed by atoms with van der Waals surface area (Å²) in [6.45, 7) is 8.71. The number of hydrogen-bond acceptors (Lipinski definition) is 5. The van der Waals surface area contributed by atoms with Crippen LogP contribution in [-0.2, 0) is 17.5 Å². The maximum atomic E-state index is 15.7. The van der Waals surface area contributed by atoms with Gasteiger partial charge in [0.1, 0.15) is 28.0 Å². The summed E-state index contributed by atoms with van der Waals surface area (Å²) in [5, 5.41) is 12.7. The topological polar surface area (TPSA) is 124 Å². The highest BCUT2D eigenvalue weighted by molar-refractivity contribution is 6.30. The van der Waals surface area contributed by atoms with Crippen LogP contribution in [-0.4, -0.2) is 58.1 Å².